The summed E-state index contributed by atoms with van der Waals surface area (Å²) in [6, 6.07) is 3.72. The Morgan fingerprint density at radius 3 is 2.64 bits per heavy atom. The maximum Gasteiger partial charge on any atom is 0.338 e. The number of hydrogen-bond acceptors (Lipinski definition) is 6. The predicted octanol–water partition coefficient (Wildman–Crippen LogP) is 2.46. The van der Waals surface area contributed by atoms with Gasteiger partial charge < -0.3 is 14.8 Å². The normalized spacial score (nSPS) is 14.6. The van der Waals surface area contributed by atoms with Gasteiger partial charge in [0.1, 0.15) is 0 Å². The summed E-state index contributed by atoms with van der Waals surface area (Å²) in [5, 5.41) is 13.9. The van der Waals surface area contributed by atoms with Crippen LogP contribution >= 0.6 is 0 Å². The SMILES string of the molecule is COC(=O)c1ccc(OCC(=O)NCC2CCCCC2)c([N+](=O)[O-])c1. The number of nitro groups is 1. The van der Waals surface area contributed by atoms with E-state index in [9.17, 15) is 19.7 Å². The maximum absolute atomic E-state index is 11.9. The van der Waals surface area contributed by atoms with E-state index in [1.165, 1.54) is 38.5 Å². The third-order valence-corrected chi connectivity index (χ3v) is 4.25. The van der Waals surface area contributed by atoms with Gasteiger partial charge in [0.25, 0.3) is 5.91 Å². The Balaban J connectivity index is 1.91. The number of ether oxygens (including phenoxy) is 2. The number of rotatable bonds is 7. The van der Waals surface area contributed by atoms with E-state index in [4.69, 9.17) is 4.74 Å². The smallest absolute Gasteiger partial charge is 0.338 e. The number of carbonyl (C=O) groups is 2. The molecule has 0 aliphatic heterocycles. The van der Waals surface area contributed by atoms with Gasteiger partial charge in [-0.15, -0.1) is 0 Å². The number of hydrogen-bond donors (Lipinski definition) is 1. The van der Waals surface area contributed by atoms with Crippen LogP contribution in [-0.2, 0) is 9.53 Å². The minimum atomic E-state index is -0.681. The lowest BCUT2D eigenvalue weighted by atomic mass is 9.89. The molecule has 1 amide bonds. The van der Waals surface area contributed by atoms with Crippen molar-refractivity contribution in [3.05, 3.63) is 33.9 Å². The van der Waals surface area contributed by atoms with Crippen LogP contribution in [0.5, 0.6) is 5.75 Å². The Labute approximate surface area is 145 Å². The molecule has 136 valence electrons. The van der Waals surface area contributed by atoms with Crippen molar-refractivity contribution >= 4 is 17.6 Å². The maximum atomic E-state index is 11.9. The molecule has 1 fully saturated rings. The molecule has 0 spiro atoms. The van der Waals surface area contributed by atoms with Gasteiger partial charge in [0.2, 0.25) is 0 Å². The lowest BCUT2D eigenvalue weighted by Crippen LogP contribution is -2.33. The molecule has 2 rings (SSSR count). The predicted molar refractivity (Wildman–Crippen MR) is 89.5 cm³/mol. The van der Waals surface area contributed by atoms with Crippen LogP contribution in [-0.4, -0.2) is 37.1 Å². The van der Waals surface area contributed by atoms with E-state index < -0.39 is 10.9 Å². The minimum Gasteiger partial charge on any atom is -0.477 e. The number of methoxy groups -OCH3 is 1. The summed E-state index contributed by atoms with van der Waals surface area (Å²) in [6.07, 6.45) is 5.85. The first-order valence-electron chi connectivity index (χ1n) is 8.27. The zero-order valence-corrected chi connectivity index (χ0v) is 14.2. The van der Waals surface area contributed by atoms with Crippen molar-refractivity contribution in [2.45, 2.75) is 32.1 Å². The molecule has 0 atom stereocenters. The van der Waals surface area contributed by atoms with Gasteiger partial charge in [-0.1, -0.05) is 19.3 Å². The summed E-state index contributed by atoms with van der Waals surface area (Å²) in [5.74, 6) is -0.575. The van der Waals surface area contributed by atoms with Crippen molar-refractivity contribution in [3.63, 3.8) is 0 Å². The van der Waals surface area contributed by atoms with E-state index >= 15 is 0 Å². The van der Waals surface area contributed by atoms with Crippen LogP contribution in [0.1, 0.15) is 42.5 Å². The molecule has 1 aromatic rings. The van der Waals surface area contributed by atoms with Crippen LogP contribution in [0.2, 0.25) is 0 Å². The third kappa shape index (κ3) is 5.44. The average Bonchev–Trinajstić information content (AvgIpc) is 2.64. The fraction of sp³-hybridized carbons (Fsp3) is 0.529. The van der Waals surface area contributed by atoms with Crippen molar-refractivity contribution in [3.8, 4) is 5.75 Å². The molecule has 0 heterocycles. The van der Waals surface area contributed by atoms with E-state index in [0.29, 0.717) is 12.5 Å². The van der Waals surface area contributed by atoms with Gasteiger partial charge in [0, 0.05) is 12.6 Å². The number of esters is 1. The number of nitrogens with one attached hydrogen (secondary N) is 1. The number of amides is 1. The van der Waals surface area contributed by atoms with Gasteiger partial charge >= 0.3 is 11.7 Å². The molecule has 1 aliphatic rings. The van der Waals surface area contributed by atoms with Gasteiger partial charge in [-0.05, 0) is 30.9 Å². The molecule has 25 heavy (non-hydrogen) atoms. The van der Waals surface area contributed by atoms with Crippen LogP contribution in [0.3, 0.4) is 0 Å². The molecule has 0 aromatic heterocycles. The largest absolute Gasteiger partial charge is 0.477 e. The van der Waals surface area contributed by atoms with Crippen molar-refractivity contribution in [2.75, 3.05) is 20.3 Å². The first kappa shape index (κ1) is 18.7. The van der Waals surface area contributed by atoms with Crippen LogP contribution < -0.4 is 10.1 Å². The Hall–Kier alpha value is -2.64. The number of nitrogens with zero attached hydrogens (tertiary/aromatic N) is 1. The van der Waals surface area contributed by atoms with Crippen molar-refractivity contribution < 1.29 is 24.0 Å². The highest BCUT2D eigenvalue weighted by atomic mass is 16.6. The quantitative estimate of drug-likeness (QED) is 0.460. The molecule has 8 heteroatoms. The fourth-order valence-corrected chi connectivity index (χ4v) is 2.87. The van der Waals surface area contributed by atoms with E-state index in [0.717, 1.165) is 18.9 Å². The molecule has 0 radical (unpaired) electrons. The highest BCUT2D eigenvalue weighted by Crippen LogP contribution is 2.28. The van der Waals surface area contributed by atoms with E-state index in [-0.39, 0.29) is 29.5 Å². The summed E-state index contributed by atoms with van der Waals surface area (Å²) < 4.78 is 9.79. The van der Waals surface area contributed by atoms with Gasteiger partial charge in [0.05, 0.1) is 17.6 Å². The number of benzene rings is 1. The molecule has 1 saturated carbocycles. The second kappa shape index (κ2) is 9.00. The third-order valence-electron chi connectivity index (χ3n) is 4.25. The zero-order valence-electron chi connectivity index (χ0n) is 14.2. The van der Waals surface area contributed by atoms with Crippen molar-refractivity contribution in [1.82, 2.24) is 5.32 Å². The van der Waals surface area contributed by atoms with Gasteiger partial charge in [-0.2, -0.15) is 0 Å². The lowest BCUT2D eigenvalue weighted by Gasteiger charge is -2.21. The Morgan fingerprint density at radius 1 is 1.28 bits per heavy atom. The highest BCUT2D eigenvalue weighted by Gasteiger charge is 2.20. The van der Waals surface area contributed by atoms with Gasteiger partial charge in [-0.3, -0.25) is 14.9 Å². The molecule has 0 saturated heterocycles. The zero-order chi connectivity index (χ0) is 18.2. The van der Waals surface area contributed by atoms with Crippen LogP contribution in [0.15, 0.2) is 18.2 Å². The average molecular weight is 350 g/mol. The second-order valence-corrected chi connectivity index (χ2v) is 6.03. The summed E-state index contributed by atoms with van der Waals surface area (Å²) in [4.78, 5) is 33.8. The molecule has 0 unspecified atom stereocenters. The highest BCUT2D eigenvalue weighted by molar-refractivity contribution is 5.90. The first-order valence-corrected chi connectivity index (χ1v) is 8.27. The van der Waals surface area contributed by atoms with Crippen LogP contribution in [0, 0.1) is 16.0 Å². The van der Waals surface area contributed by atoms with Crippen LogP contribution in [0.4, 0.5) is 5.69 Å². The Kier molecular flexibility index (Phi) is 6.73. The molecule has 1 aromatic carbocycles. The molecule has 1 N–H and O–H groups in total. The minimum absolute atomic E-state index is 0.0447. The Bertz CT molecular complexity index is 640. The fourth-order valence-electron chi connectivity index (χ4n) is 2.87. The van der Waals surface area contributed by atoms with Crippen molar-refractivity contribution in [2.24, 2.45) is 5.92 Å². The summed E-state index contributed by atoms with van der Waals surface area (Å²) in [7, 11) is 1.19. The first-order chi connectivity index (χ1) is 12.0. The summed E-state index contributed by atoms with van der Waals surface area (Å²) in [6.45, 7) is 0.288. The molecule has 1 aliphatic carbocycles. The van der Waals surface area contributed by atoms with E-state index in [2.05, 4.69) is 10.1 Å². The molecule has 0 bridgehead atoms. The molecular formula is C17H22N2O6. The lowest BCUT2D eigenvalue weighted by molar-refractivity contribution is -0.385. The van der Waals surface area contributed by atoms with Crippen molar-refractivity contribution in [1.29, 1.82) is 0 Å². The van der Waals surface area contributed by atoms with Gasteiger partial charge in [0.15, 0.2) is 12.4 Å². The second-order valence-electron chi connectivity index (χ2n) is 6.03. The monoisotopic (exact) mass is 350 g/mol. The topological polar surface area (TPSA) is 108 Å². The standard InChI is InChI=1S/C17H22N2O6/c1-24-17(21)13-7-8-15(14(9-13)19(22)23)25-11-16(20)18-10-12-5-3-2-4-6-12/h7-9,12H,2-6,10-11H2,1H3,(H,18,20). The molecular weight excluding hydrogens is 328 g/mol. The summed E-state index contributed by atoms with van der Waals surface area (Å²) in [5.41, 5.74) is -0.341. The summed E-state index contributed by atoms with van der Waals surface area (Å²) >= 11 is 0. The number of nitro benzene ring substituents is 1. The van der Waals surface area contributed by atoms with E-state index in [1.807, 2.05) is 0 Å². The Morgan fingerprint density at radius 2 is 2.00 bits per heavy atom. The molecule has 8 nitrogen and oxygen atoms in total. The van der Waals surface area contributed by atoms with E-state index in [1.54, 1.807) is 0 Å². The number of carbonyl (C=O) groups excluding carboxylic acids is 2. The van der Waals surface area contributed by atoms with Crippen LogP contribution in [0.25, 0.3) is 0 Å². The van der Waals surface area contributed by atoms with Gasteiger partial charge in [-0.25, -0.2) is 4.79 Å².